The second kappa shape index (κ2) is 7.84. The summed E-state index contributed by atoms with van der Waals surface area (Å²) in [7, 11) is 1.76. The summed E-state index contributed by atoms with van der Waals surface area (Å²) in [4.78, 5) is 12.0. The number of rotatable bonds is 5. The Hall–Kier alpha value is -2.45. The van der Waals surface area contributed by atoms with Crippen molar-refractivity contribution in [3.8, 4) is 11.4 Å². The SMILES string of the molecule is Cn1c(SCC(=O)Nc2ccc(F)cc2F)nnc1-c1ccccc1Cl. The van der Waals surface area contributed by atoms with Gasteiger partial charge >= 0.3 is 0 Å². The minimum absolute atomic E-state index is 0.00862. The third-order valence-corrected chi connectivity index (χ3v) is 4.84. The van der Waals surface area contributed by atoms with Crippen molar-refractivity contribution in [3.63, 3.8) is 0 Å². The average Bonchev–Trinajstić information content (AvgIpc) is 2.97. The lowest BCUT2D eigenvalue weighted by Gasteiger charge is -2.07. The Labute approximate surface area is 157 Å². The Morgan fingerprint density at radius 3 is 2.73 bits per heavy atom. The maximum Gasteiger partial charge on any atom is 0.234 e. The summed E-state index contributed by atoms with van der Waals surface area (Å²) in [5.74, 6) is -1.42. The molecule has 0 aliphatic rings. The molecule has 2 aromatic carbocycles. The van der Waals surface area contributed by atoms with Crippen molar-refractivity contribution < 1.29 is 13.6 Å². The monoisotopic (exact) mass is 394 g/mol. The molecule has 0 aliphatic carbocycles. The van der Waals surface area contributed by atoms with Crippen LogP contribution in [0.15, 0.2) is 47.6 Å². The second-order valence-electron chi connectivity index (χ2n) is 5.31. The number of amides is 1. The zero-order valence-electron chi connectivity index (χ0n) is 13.5. The van der Waals surface area contributed by atoms with Gasteiger partial charge in [0.05, 0.1) is 16.5 Å². The van der Waals surface area contributed by atoms with Crippen LogP contribution in [0, 0.1) is 11.6 Å². The van der Waals surface area contributed by atoms with Crippen molar-refractivity contribution in [1.29, 1.82) is 0 Å². The first-order valence-corrected chi connectivity index (χ1v) is 8.84. The van der Waals surface area contributed by atoms with E-state index in [1.807, 2.05) is 18.2 Å². The smallest absolute Gasteiger partial charge is 0.234 e. The van der Waals surface area contributed by atoms with Crippen LogP contribution in [0.1, 0.15) is 0 Å². The van der Waals surface area contributed by atoms with Gasteiger partial charge in [-0.15, -0.1) is 10.2 Å². The molecule has 134 valence electrons. The standard InChI is InChI=1S/C17H13ClF2N4OS/c1-24-16(11-4-2-3-5-12(11)18)22-23-17(24)26-9-15(25)21-14-7-6-10(19)8-13(14)20/h2-8H,9H2,1H3,(H,21,25). The zero-order chi connectivity index (χ0) is 18.7. The van der Waals surface area contributed by atoms with Crippen LogP contribution in [0.3, 0.4) is 0 Å². The highest BCUT2D eigenvalue weighted by molar-refractivity contribution is 7.99. The van der Waals surface area contributed by atoms with Crippen molar-refractivity contribution in [2.75, 3.05) is 11.1 Å². The molecule has 9 heteroatoms. The van der Waals surface area contributed by atoms with Gasteiger partial charge in [0.25, 0.3) is 0 Å². The minimum atomic E-state index is -0.831. The molecule has 0 unspecified atom stereocenters. The van der Waals surface area contributed by atoms with Gasteiger partial charge in [0.2, 0.25) is 5.91 Å². The third-order valence-electron chi connectivity index (χ3n) is 3.49. The number of thioether (sulfide) groups is 1. The largest absolute Gasteiger partial charge is 0.323 e. The predicted octanol–water partition coefficient (Wildman–Crippen LogP) is 4.14. The van der Waals surface area contributed by atoms with E-state index in [9.17, 15) is 13.6 Å². The van der Waals surface area contributed by atoms with E-state index in [0.29, 0.717) is 22.1 Å². The highest BCUT2D eigenvalue weighted by atomic mass is 35.5. The molecule has 0 spiro atoms. The average molecular weight is 395 g/mol. The summed E-state index contributed by atoms with van der Waals surface area (Å²) >= 11 is 7.31. The molecule has 0 atom stereocenters. The van der Waals surface area contributed by atoms with Gasteiger partial charge in [0, 0.05) is 18.7 Å². The minimum Gasteiger partial charge on any atom is -0.323 e. The van der Waals surface area contributed by atoms with Crippen LogP contribution in [0.5, 0.6) is 0 Å². The third kappa shape index (κ3) is 4.03. The van der Waals surface area contributed by atoms with E-state index < -0.39 is 17.5 Å². The number of nitrogens with one attached hydrogen (secondary N) is 1. The number of carbonyl (C=O) groups excluding carboxylic acids is 1. The Morgan fingerprint density at radius 1 is 1.23 bits per heavy atom. The van der Waals surface area contributed by atoms with E-state index in [0.717, 1.165) is 23.4 Å². The second-order valence-corrected chi connectivity index (χ2v) is 6.66. The summed E-state index contributed by atoms with van der Waals surface area (Å²) in [6, 6.07) is 10.2. The lowest BCUT2D eigenvalue weighted by molar-refractivity contribution is -0.113. The lowest BCUT2D eigenvalue weighted by Crippen LogP contribution is -2.15. The molecule has 26 heavy (non-hydrogen) atoms. The van der Waals surface area contributed by atoms with E-state index in [1.54, 1.807) is 17.7 Å². The fourth-order valence-corrected chi connectivity index (χ4v) is 3.16. The van der Waals surface area contributed by atoms with Crippen LogP contribution in [-0.4, -0.2) is 26.4 Å². The molecular weight excluding hydrogens is 382 g/mol. The van der Waals surface area contributed by atoms with Crippen molar-refractivity contribution in [1.82, 2.24) is 14.8 Å². The summed E-state index contributed by atoms with van der Waals surface area (Å²) < 4.78 is 28.2. The number of nitrogens with zero attached hydrogens (tertiary/aromatic N) is 3. The number of hydrogen-bond acceptors (Lipinski definition) is 4. The van der Waals surface area contributed by atoms with Crippen LogP contribution in [0.4, 0.5) is 14.5 Å². The molecule has 5 nitrogen and oxygen atoms in total. The first-order chi connectivity index (χ1) is 12.5. The van der Waals surface area contributed by atoms with Crippen LogP contribution in [0.25, 0.3) is 11.4 Å². The van der Waals surface area contributed by atoms with E-state index in [-0.39, 0.29) is 11.4 Å². The zero-order valence-corrected chi connectivity index (χ0v) is 15.1. The Bertz CT molecular complexity index is 964. The first kappa shape index (κ1) is 18.3. The van der Waals surface area contributed by atoms with E-state index in [4.69, 9.17) is 11.6 Å². The van der Waals surface area contributed by atoms with E-state index in [1.165, 1.54) is 6.07 Å². The maximum atomic E-state index is 13.6. The quantitative estimate of drug-likeness (QED) is 0.660. The van der Waals surface area contributed by atoms with Gasteiger partial charge in [-0.05, 0) is 24.3 Å². The van der Waals surface area contributed by atoms with Crippen LogP contribution in [-0.2, 0) is 11.8 Å². The normalized spacial score (nSPS) is 10.8. The highest BCUT2D eigenvalue weighted by Crippen LogP contribution is 2.28. The Kier molecular flexibility index (Phi) is 5.53. The summed E-state index contributed by atoms with van der Waals surface area (Å²) in [6.45, 7) is 0. The number of anilines is 1. The summed E-state index contributed by atoms with van der Waals surface area (Å²) in [5.41, 5.74) is 0.653. The lowest BCUT2D eigenvalue weighted by atomic mass is 10.2. The molecule has 0 fully saturated rings. The van der Waals surface area contributed by atoms with E-state index >= 15 is 0 Å². The highest BCUT2D eigenvalue weighted by Gasteiger charge is 2.15. The number of benzene rings is 2. The van der Waals surface area contributed by atoms with Gasteiger partial charge in [-0.2, -0.15) is 0 Å². The molecule has 0 aliphatic heterocycles. The van der Waals surface area contributed by atoms with Gasteiger partial charge in [-0.3, -0.25) is 4.79 Å². The Morgan fingerprint density at radius 2 is 2.00 bits per heavy atom. The van der Waals surface area contributed by atoms with Gasteiger partial charge in [0.1, 0.15) is 11.6 Å². The molecule has 0 saturated heterocycles. The summed E-state index contributed by atoms with van der Waals surface area (Å²) in [5, 5.41) is 11.6. The van der Waals surface area contributed by atoms with E-state index in [2.05, 4.69) is 15.5 Å². The number of carbonyl (C=O) groups is 1. The molecule has 3 rings (SSSR count). The number of aromatic nitrogens is 3. The molecule has 0 bridgehead atoms. The molecule has 1 heterocycles. The van der Waals surface area contributed by atoms with Gasteiger partial charge in [0.15, 0.2) is 11.0 Å². The van der Waals surface area contributed by atoms with Crippen LogP contribution in [0.2, 0.25) is 5.02 Å². The van der Waals surface area contributed by atoms with Gasteiger partial charge < -0.3 is 9.88 Å². The molecular formula is C17H13ClF2N4OS. The fourth-order valence-electron chi connectivity index (χ4n) is 2.22. The maximum absolute atomic E-state index is 13.6. The van der Waals surface area contributed by atoms with Crippen molar-refractivity contribution in [2.24, 2.45) is 7.05 Å². The van der Waals surface area contributed by atoms with Gasteiger partial charge in [-0.1, -0.05) is 35.5 Å². The van der Waals surface area contributed by atoms with Crippen LogP contribution >= 0.6 is 23.4 Å². The van der Waals surface area contributed by atoms with Crippen LogP contribution < -0.4 is 5.32 Å². The fraction of sp³-hybridized carbons (Fsp3) is 0.118. The van der Waals surface area contributed by atoms with Crippen molar-refractivity contribution in [3.05, 3.63) is 59.1 Å². The predicted molar refractivity (Wildman–Crippen MR) is 97.2 cm³/mol. The number of hydrogen-bond donors (Lipinski definition) is 1. The molecule has 1 amide bonds. The summed E-state index contributed by atoms with van der Waals surface area (Å²) in [6.07, 6.45) is 0. The number of halogens is 3. The van der Waals surface area contributed by atoms with Crippen molar-refractivity contribution >= 4 is 35.0 Å². The Balaban J connectivity index is 1.67. The molecule has 1 aromatic heterocycles. The molecule has 3 aromatic rings. The first-order valence-electron chi connectivity index (χ1n) is 7.47. The molecule has 0 radical (unpaired) electrons. The molecule has 0 saturated carbocycles. The van der Waals surface area contributed by atoms with Crippen molar-refractivity contribution in [2.45, 2.75) is 5.16 Å². The topological polar surface area (TPSA) is 59.8 Å². The van der Waals surface area contributed by atoms with Gasteiger partial charge in [-0.25, -0.2) is 8.78 Å². The molecule has 1 N–H and O–H groups in total.